The van der Waals surface area contributed by atoms with Crippen LogP contribution in [0.15, 0.2) is 54.6 Å². The molecule has 4 heteroatoms. The van der Waals surface area contributed by atoms with E-state index in [1.807, 2.05) is 48.5 Å². The molecule has 0 fully saturated rings. The quantitative estimate of drug-likeness (QED) is 0.794. The van der Waals surface area contributed by atoms with Crippen LogP contribution in [0.2, 0.25) is 5.02 Å². The van der Waals surface area contributed by atoms with Crippen LogP contribution in [0.4, 0.5) is 0 Å². The van der Waals surface area contributed by atoms with Crippen LogP contribution in [0.3, 0.4) is 0 Å². The van der Waals surface area contributed by atoms with E-state index in [4.69, 9.17) is 22.1 Å². The number of ether oxygens (including phenoxy) is 1. The molecular formula is C17H15ClN2O. The lowest BCUT2D eigenvalue weighted by Crippen LogP contribution is -2.03. The van der Waals surface area contributed by atoms with Gasteiger partial charge < -0.3 is 10.5 Å². The van der Waals surface area contributed by atoms with E-state index in [9.17, 15) is 0 Å². The molecule has 3 nitrogen and oxygen atoms in total. The van der Waals surface area contributed by atoms with Crippen LogP contribution in [0.5, 0.6) is 5.75 Å². The summed E-state index contributed by atoms with van der Waals surface area (Å²) >= 11 is 5.95. The molecule has 0 saturated carbocycles. The van der Waals surface area contributed by atoms with Gasteiger partial charge in [-0.1, -0.05) is 35.9 Å². The van der Waals surface area contributed by atoms with Crippen molar-refractivity contribution in [1.29, 1.82) is 0 Å². The lowest BCUT2D eigenvalue weighted by atomic mass is 10.2. The molecule has 0 aliphatic heterocycles. The Morgan fingerprint density at radius 1 is 1.05 bits per heavy atom. The topological polar surface area (TPSA) is 48.1 Å². The monoisotopic (exact) mass is 298 g/mol. The molecule has 2 aromatic carbocycles. The number of aromatic nitrogens is 1. The third-order valence-electron chi connectivity index (χ3n) is 3.27. The van der Waals surface area contributed by atoms with Crippen LogP contribution in [0, 0.1) is 0 Å². The van der Waals surface area contributed by atoms with Crippen molar-refractivity contribution >= 4 is 22.5 Å². The van der Waals surface area contributed by atoms with Crippen molar-refractivity contribution in [2.45, 2.75) is 13.2 Å². The number of hydrogen-bond donors (Lipinski definition) is 1. The van der Waals surface area contributed by atoms with E-state index in [-0.39, 0.29) is 0 Å². The second-order valence-corrected chi connectivity index (χ2v) is 5.18. The van der Waals surface area contributed by atoms with E-state index in [1.165, 1.54) is 0 Å². The van der Waals surface area contributed by atoms with Gasteiger partial charge >= 0.3 is 0 Å². The highest BCUT2D eigenvalue weighted by Gasteiger charge is 2.05. The van der Waals surface area contributed by atoms with Gasteiger partial charge in [-0.15, -0.1) is 0 Å². The Hall–Kier alpha value is -2.10. The average Bonchev–Trinajstić information content (AvgIpc) is 2.53. The fourth-order valence-corrected chi connectivity index (χ4v) is 2.38. The number of rotatable bonds is 4. The molecule has 0 atom stereocenters. The summed E-state index contributed by atoms with van der Waals surface area (Å²) in [6.45, 7) is 0.792. The minimum absolute atomic E-state index is 0.390. The highest BCUT2D eigenvalue weighted by molar-refractivity contribution is 6.30. The Balaban J connectivity index is 1.80. The van der Waals surface area contributed by atoms with Gasteiger partial charge in [-0.05, 0) is 30.3 Å². The minimum atomic E-state index is 0.390. The maximum atomic E-state index is 5.95. The third-order valence-corrected chi connectivity index (χ3v) is 3.51. The SMILES string of the molecule is NCc1cc(Cl)ccc1OCc1ccc2ccccc2n1. The Bertz CT molecular complexity index is 774. The van der Waals surface area contributed by atoms with Crippen molar-refractivity contribution in [3.05, 3.63) is 70.9 Å². The van der Waals surface area contributed by atoms with Crippen LogP contribution >= 0.6 is 11.6 Å². The number of para-hydroxylation sites is 1. The fraction of sp³-hybridized carbons (Fsp3) is 0.118. The van der Waals surface area contributed by atoms with Gasteiger partial charge in [0, 0.05) is 22.5 Å². The summed E-state index contributed by atoms with van der Waals surface area (Å²) in [6, 6.07) is 17.5. The number of hydrogen-bond acceptors (Lipinski definition) is 3. The summed E-state index contributed by atoms with van der Waals surface area (Å²) in [5.74, 6) is 0.747. The van der Waals surface area contributed by atoms with Gasteiger partial charge in [-0.2, -0.15) is 0 Å². The number of halogens is 1. The Labute approximate surface area is 128 Å². The van der Waals surface area contributed by atoms with E-state index < -0.39 is 0 Å². The molecule has 0 aliphatic carbocycles. The number of nitrogens with two attached hydrogens (primary N) is 1. The zero-order valence-corrected chi connectivity index (χ0v) is 12.2. The molecule has 0 aliphatic rings. The van der Waals surface area contributed by atoms with Gasteiger partial charge in [0.25, 0.3) is 0 Å². The van der Waals surface area contributed by atoms with Crippen LogP contribution in [0.1, 0.15) is 11.3 Å². The molecule has 0 spiro atoms. The second kappa shape index (κ2) is 6.12. The van der Waals surface area contributed by atoms with Crippen molar-refractivity contribution in [3.8, 4) is 5.75 Å². The largest absolute Gasteiger partial charge is 0.487 e. The molecule has 0 bridgehead atoms. The number of benzene rings is 2. The van der Waals surface area contributed by atoms with Gasteiger partial charge in [-0.25, -0.2) is 4.98 Å². The summed E-state index contributed by atoms with van der Waals surface area (Å²) in [6.07, 6.45) is 0. The van der Waals surface area contributed by atoms with E-state index >= 15 is 0 Å². The molecule has 2 N–H and O–H groups in total. The van der Waals surface area contributed by atoms with Gasteiger partial charge in [0.2, 0.25) is 0 Å². The van der Waals surface area contributed by atoms with E-state index in [1.54, 1.807) is 6.07 Å². The molecule has 1 heterocycles. The van der Waals surface area contributed by atoms with Crippen LogP contribution in [0.25, 0.3) is 10.9 Å². The summed E-state index contributed by atoms with van der Waals surface area (Å²) < 4.78 is 5.82. The maximum Gasteiger partial charge on any atom is 0.130 e. The zero-order chi connectivity index (χ0) is 14.7. The van der Waals surface area contributed by atoms with Crippen molar-refractivity contribution in [2.75, 3.05) is 0 Å². The Kier molecular flexibility index (Phi) is 4.04. The van der Waals surface area contributed by atoms with Gasteiger partial charge in [0.1, 0.15) is 12.4 Å². The molecule has 0 radical (unpaired) electrons. The number of pyridine rings is 1. The van der Waals surface area contributed by atoms with E-state index in [0.29, 0.717) is 18.2 Å². The summed E-state index contributed by atoms with van der Waals surface area (Å²) in [4.78, 5) is 4.58. The first kappa shape index (κ1) is 13.9. The first-order valence-electron chi connectivity index (χ1n) is 6.72. The molecule has 3 rings (SSSR count). The minimum Gasteiger partial charge on any atom is -0.487 e. The van der Waals surface area contributed by atoms with Crippen LogP contribution in [-0.4, -0.2) is 4.98 Å². The number of nitrogens with zero attached hydrogens (tertiary/aromatic N) is 1. The summed E-state index contributed by atoms with van der Waals surface area (Å²) in [5, 5.41) is 1.78. The highest BCUT2D eigenvalue weighted by atomic mass is 35.5. The molecule has 106 valence electrons. The van der Waals surface area contributed by atoms with Crippen molar-refractivity contribution < 1.29 is 4.74 Å². The van der Waals surface area contributed by atoms with E-state index in [2.05, 4.69) is 4.98 Å². The second-order valence-electron chi connectivity index (χ2n) is 4.74. The third kappa shape index (κ3) is 3.15. The average molecular weight is 299 g/mol. The predicted molar refractivity (Wildman–Crippen MR) is 85.4 cm³/mol. The van der Waals surface area contributed by atoms with Crippen molar-refractivity contribution in [1.82, 2.24) is 4.98 Å². The Morgan fingerprint density at radius 3 is 2.76 bits per heavy atom. The van der Waals surface area contributed by atoms with Crippen molar-refractivity contribution in [3.63, 3.8) is 0 Å². The molecular weight excluding hydrogens is 284 g/mol. The molecule has 21 heavy (non-hydrogen) atoms. The van der Waals surface area contributed by atoms with Crippen LogP contribution < -0.4 is 10.5 Å². The first-order chi connectivity index (χ1) is 10.3. The lowest BCUT2D eigenvalue weighted by molar-refractivity contribution is 0.298. The predicted octanol–water partition coefficient (Wildman–Crippen LogP) is 3.93. The van der Waals surface area contributed by atoms with Crippen LogP contribution in [-0.2, 0) is 13.2 Å². The maximum absolute atomic E-state index is 5.95. The highest BCUT2D eigenvalue weighted by Crippen LogP contribution is 2.23. The van der Waals surface area contributed by atoms with Gasteiger partial charge in [-0.3, -0.25) is 0 Å². The van der Waals surface area contributed by atoms with Crippen molar-refractivity contribution in [2.24, 2.45) is 5.73 Å². The summed E-state index contributed by atoms with van der Waals surface area (Å²) in [5.41, 5.74) is 8.45. The molecule has 3 aromatic rings. The summed E-state index contributed by atoms with van der Waals surface area (Å²) in [7, 11) is 0. The van der Waals surface area contributed by atoms with E-state index in [0.717, 1.165) is 27.9 Å². The first-order valence-corrected chi connectivity index (χ1v) is 7.10. The molecule has 0 amide bonds. The fourth-order valence-electron chi connectivity index (χ4n) is 2.19. The Morgan fingerprint density at radius 2 is 1.90 bits per heavy atom. The molecule has 1 aromatic heterocycles. The molecule has 0 saturated heterocycles. The number of fused-ring (bicyclic) bond motifs is 1. The lowest BCUT2D eigenvalue weighted by Gasteiger charge is -2.10. The molecule has 0 unspecified atom stereocenters. The standard InChI is InChI=1S/C17H15ClN2O/c18-14-6-8-17(13(9-14)10-19)21-11-15-7-5-12-3-1-2-4-16(12)20-15/h1-9H,10-11,19H2. The van der Waals surface area contributed by atoms with Gasteiger partial charge in [0.05, 0.1) is 11.2 Å². The zero-order valence-electron chi connectivity index (χ0n) is 11.4. The van der Waals surface area contributed by atoms with Gasteiger partial charge in [0.15, 0.2) is 0 Å². The smallest absolute Gasteiger partial charge is 0.130 e. The normalized spacial score (nSPS) is 10.8.